The molecule has 1 heterocycles. The van der Waals surface area contributed by atoms with Crippen molar-refractivity contribution in [2.45, 2.75) is 19.4 Å². The predicted octanol–water partition coefficient (Wildman–Crippen LogP) is 1.65. The summed E-state index contributed by atoms with van der Waals surface area (Å²) in [7, 11) is 1.57. The van der Waals surface area contributed by atoms with Crippen molar-refractivity contribution in [3.8, 4) is 0 Å². The number of nitrogens with one attached hydrogen (secondary N) is 1. The largest absolute Gasteiger partial charge is 0.383 e. The van der Waals surface area contributed by atoms with Crippen LogP contribution in [0.25, 0.3) is 0 Å². The summed E-state index contributed by atoms with van der Waals surface area (Å²) in [5, 5.41) is 2.65. The van der Waals surface area contributed by atoms with Crippen LogP contribution < -0.4 is 5.32 Å². The number of halogens is 1. The zero-order chi connectivity index (χ0) is 15.4. The highest BCUT2D eigenvalue weighted by Gasteiger charge is 2.36. The van der Waals surface area contributed by atoms with E-state index < -0.39 is 11.7 Å². The molecule has 1 N–H and O–H groups in total. The third-order valence-electron chi connectivity index (χ3n) is 3.56. The first-order valence-electron chi connectivity index (χ1n) is 6.86. The van der Waals surface area contributed by atoms with Crippen LogP contribution in [-0.4, -0.2) is 43.0 Å². The molecule has 0 radical (unpaired) electrons. The highest BCUT2D eigenvalue weighted by atomic mass is 19.1. The molecule has 21 heavy (non-hydrogen) atoms. The molecule has 1 aromatic rings. The van der Waals surface area contributed by atoms with Gasteiger partial charge in [0.2, 0.25) is 11.8 Å². The lowest BCUT2D eigenvalue weighted by molar-refractivity contribution is -0.130. The number of carbonyl (C=O) groups excluding carboxylic acids is 2. The zero-order valence-electron chi connectivity index (χ0n) is 12.1. The van der Waals surface area contributed by atoms with E-state index in [0.717, 1.165) is 0 Å². The number of methoxy groups -OCH3 is 1. The van der Waals surface area contributed by atoms with Crippen LogP contribution in [0.2, 0.25) is 0 Å². The van der Waals surface area contributed by atoms with E-state index in [1.54, 1.807) is 18.1 Å². The maximum atomic E-state index is 13.1. The lowest BCUT2D eigenvalue weighted by Crippen LogP contribution is -2.38. The third-order valence-corrected chi connectivity index (χ3v) is 3.56. The van der Waals surface area contributed by atoms with E-state index in [-0.39, 0.29) is 24.3 Å². The minimum atomic E-state index is -0.417. The van der Waals surface area contributed by atoms with E-state index in [4.69, 9.17) is 4.74 Å². The van der Waals surface area contributed by atoms with Crippen molar-refractivity contribution in [1.29, 1.82) is 0 Å². The average Bonchev–Trinajstić information content (AvgIpc) is 2.81. The Hall–Kier alpha value is -1.95. The van der Waals surface area contributed by atoms with Crippen molar-refractivity contribution >= 4 is 17.5 Å². The normalized spacial score (nSPS) is 19.7. The molecule has 0 aromatic heterocycles. The van der Waals surface area contributed by atoms with E-state index in [1.165, 1.54) is 18.2 Å². The quantitative estimate of drug-likeness (QED) is 0.898. The second kappa shape index (κ2) is 6.67. The molecule has 2 rings (SSSR count). The van der Waals surface area contributed by atoms with Gasteiger partial charge < -0.3 is 15.0 Å². The molecule has 114 valence electrons. The standard InChI is InChI=1S/C15H19FN2O3/c1-10(9-21-2)18-8-11(6-14(18)19)15(20)17-13-5-3-4-12(16)7-13/h3-5,7,10-11H,6,8-9H2,1-2H3,(H,17,20)/t10-,11+/m0/s1. The minimum Gasteiger partial charge on any atom is -0.383 e. The van der Waals surface area contributed by atoms with Crippen LogP contribution in [0.1, 0.15) is 13.3 Å². The Kier molecular flexibility index (Phi) is 4.90. The number of nitrogens with zero attached hydrogens (tertiary/aromatic N) is 1. The minimum absolute atomic E-state index is 0.0565. The van der Waals surface area contributed by atoms with Gasteiger partial charge in [0.15, 0.2) is 0 Å². The number of hydrogen-bond donors (Lipinski definition) is 1. The van der Waals surface area contributed by atoms with Gasteiger partial charge in [0.05, 0.1) is 18.6 Å². The van der Waals surface area contributed by atoms with Crippen molar-refractivity contribution < 1.29 is 18.7 Å². The highest BCUT2D eigenvalue weighted by Crippen LogP contribution is 2.22. The fraction of sp³-hybridized carbons (Fsp3) is 0.467. The van der Waals surface area contributed by atoms with Gasteiger partial charge in [-0.3, -0.25) is 9.59 Å². The molecular weight excluding hydrogens is 275 g/mol. The number of amides is 2. The van der Waals surface area contributed by atoms with E-state index >= 15 is 0 Å². The van der Waals surface area contributed by atoms with Crippen LogP contribution >= 0.6 is 0 Å². The SMILES string of the molecule is COC[C@H](C)N1C[C@H](C(=O)Nc2cccc(F)c2)CC1=O. The summed E-state index contributed by atoms with van der Waals surface area (Å²) in [6, 6.07) is 5.64. The molecule has 0 saturated carbocycles. The number of carbonyl (C=O) groups is 2. The van der Waals surface area contributed by atoms with Gasteiger partial charge in [-0.2, -0.15) is 0 Å². The molecule has 2 atom stereocenters. The summed E-state index contributed by atoms with van der Waals surface area (Å²) in [6.07, 6.45) is 0.176. The summed E-state index contributed by atoms with van der Waals surface area (Å²) in [5.41, 5.74) is 0.399. The molecule has 0 spiro atoms. The second-order valence-electron chi connectivity index (χ2n) is 5.25. The summed E-state index contributed by atoms with van der Waals surface area (Å²) in [5.74, 6) is -1.15. The first-order valence-corrected chi connectivity index (χ1v) is 6.86. The van der Waals surface area contributed by atoms with Gasteiger partial charge in [-0.15, -0.1) is 0 Å². The lowest BCUT2D eigenvalue weighted by Gasteiger charge is -2.23. The van der Waals surface area contributed by atoms with Crippen LogP contribution in [-0.2, 0) is 14.3 Å². The number of anilines is 1. The molecule has 0 bridgehead atoms. The maximum absolute atomic E-state index is 13.1. The topological polar surface area (TPSA) is 58.6 Å². The molecule has 1 aliphatic heterocycles. The van der Waals surface area contributed by atoms with Gasteiger partial charge in [-0.1, -0.05) is 6.07 Å². The fourth-order valence-electron chi connectivity index (χ4n) is 2.47. The van der Waals surface area contributed by atoms with Crippen molar-refractivity contribution in [3.05, 3.63) is 30.1 Å². The van der Waals surface area contributed by atoms with Crippen LogP contribution in [0.15, 0.2) is 24.3 Å². The molecule has 6 heteroatoms. The van der Waals surface area contributed by atoms with Gasteiger partial charge in [-0.25, -0.2) is 4.39 Å². The molecule has 1 fully saturated rings. The van der Waals surface area contributed by atoms with Gasteiger partial charge >= 0.3 is 0 Å². The molecule has 1 saturated heterocycles. The number of rotatable bonds is 5. The van der Waals surface area contributed by atoms with Crippen molar-refractivity contribution in [3.63, 3.8) is 0 Å². The van der Waals surface area contributed by atoms with Gasteiger partial charge in [0, 0.05) is 25.8 Å². The zero-order valence-corrected chi connectivity index (χ0v) is 12.1. The Morgan fingerprint density at radius 2 is 2.33 bits per heavy atom. The third kappa shape index (κ3) is 3.78. The molecule has 1 aromatic carbocycles. The van der Waals surface area contributed by atoms with Crippen LogP contribution in [0.3, 0.4) is 0 Å². The van der Waals surface area contributed by atoms with Crippen LogP contribution in [0, 0.1) is 11.7 Å². The average molecular weight is 294 g/mol. The predicted molar refractivity (Wildman–Crippen MR) is 76.2 cm³/mol. The summed E-state index contributed by atoms with van der Waals surface area (Å²) in [6.45, 7) is 2.68. The van der Waals surface area contributed by atoms with Crippen molar-refractivity contribution in [2.24, 2.45) is 5.92 Å². The van der Waals surface area contributed by atoms with Crippen LogP contribution in [0.4, 0.5) is 10.1 Å². The van der Waals surface area contributed by atoms with E-state index in [0.29, 0.717) is 18.8 Å². The van der Waals surface area contributed by atoms with Gasteiger partial charge in [0.1, 0.15) is 5.82 Å². The van der Waals surface area contributed by atoms with E-state index in [2.05, 4.69) is 5.32 Å². The molecule has 5 nitrogen and oxygen atoms in total. The Bertz CT molecular complexity index is 535. The Balaban J connectivity index is 1.97. The number of hydrogen-bond acceptors (Lipinski definition) is 3. The van der Waals surface area contributed by atoms with Gasteiger partial charge in [-0.05, 0) is 25.1 Å². The number of likely N-dealkylation sites (tertiary alicyclic amines) is 1. The first-order chi connectivity index (χ1) is 10.0. The van der Waals surface area contributed by atoms with Crippen molar-refractivity contribution in [2.75, 3.05) is 25.6 Å². The highest BCUT2D eigenvalue weighted by molar-refractivity contribution is 5.97. The Morgan fingerprint density at radius 1 is 1.57 bits per heavy atom. The van der Waals surface area contributed by atoms with E-state index in [9.17, 15) is 14.0 Å². The monoisotopic (exact) mass is 294 g/mol. The lowest BCUT2D eigenvalue weighted by atomic mass is 10.1. The second-order valence-corrected chi connectivity index (χ2v) is 5.25. The van der Waals surface area contributed by atoms with Crippen molar-refractivity contribution in [1.82, 2.24) is 4.90 Å². The Morgan fingerprint density at radius 3 is 3.00 bits per heavy atom. The molecule has 0 unspecified atom stereocenters. The van der Waals surface area contributed by atoms with Gasteiger partial charge in [0.25, 0.3) is 0 Å². The summed E-state index contributed by atoms with van der Waals surface area (Å²) < 4.78 is 18.1. The molecule has 0 aliphatic carbocycles. The number of ether oxygens (including phenoxy) is 1. The maximum Gasteiger partial charge on any atom is 0.229 e. The molecule has 2 amide bonds. The molecular formula is C15H19FN2O3. The number of benzene rings is 1. The summed E-state index contributed by atoms with van der Waals surface area (Å²) in [4.78, 5) is 25.7. The first kappa shape index (κ1) is 15.4. The van der Waals surface area contributed by atoms with Crippen LogP contribution in [0.5, 0.6) is 0 Å². The molecule has 1 aliphatic rings. The summed E-state index contributed by atoms with van der Waals surface area (Å²) >= 11 is 0. The smallest absolute Gasteiger partial charge is 0.229 e. The fourth-order valence-corrected chi connectivity index (χ4v) is 2.47. The van der Waals surface area contributed by atoms with E-state index in [1.807, 2.05) is 6.92 Å². The Labute approximate surface area is 123 Å².